The topological polar surface area (TPSA) is 75.7 Å². The average molecular weight is 154 g/mol. The zero-order chi connectivity index (χ0) is 7.40. The van der Waals surface area contributed by atoms with Crippen molar-refractivity contribution in [1.82, 2.24) is 9.97 Å². The first kappa shape index (κ1) is 7.01. The van der Waals surface area contributed by atoms with Crippen LogP contribution < -0.4 is 5.73 Å². The first-order valence-electron chi connectivity index (χ1n) is 2.58. The number of nitrogens with two attached hydrogens (primary N) is 1. The maximum atomic E-state index is 6.89. The van der Waals surface area contributed by atoms with E-state index in [0.29, 0.717) is 5.16 Å². The van der Waals surface area contributed by atoms with Gasteiger partial charge < -0.3 is 5.73 Å². The highest BCUT2D eigenvalue weighted by Crippen LogP contribution is 2.08. The highest BCUT2D eigenvalue weighted by molar-refractivity contribution is 8.13. The van der Waals surface area contributed by atoms with E-state index >= 15 is 0 Å². The highest BCUT2D eigenvalue weighted by atomic mass is 32.2. The lowest BCUT2D eigenvalue weighted by molar-refractivity contribution is 0.972. The van der Waals surface area contributed by atoms with Crippen LogP contribution in [0.15, 0.2) is 23.6 Å². The molecule has 0 spiro atoms. The van der Waals surface area contributed by atoms with Gasteiger partial charge in [0.05, 0.1) is 0 Å². The van der Waals surface area contributed by atoms with Crippen molar-refractivity contribution >= 4 is 16.9 Å². The number of aromatic nitrogens is 2. The number of nitrogens with one attached hydrogen (secondary N) is 1. The standard InChI is InChI=1S/C5H6N4S/c6-4(7)10-5-8-2-1-3-9-5/h1-3H,(H3,6,7). The zero-order valence-corrected chi connectivity index (χ0v) is 5.93. The zero-order valence-electron chi connectivity index (χ0n) is 5.11. The SMILES string of the molecule is N=C(N)Sc1ncccn1. The summed E-state index contributed by atoms with van der Waals surface area (Å²) >= 11 is 1.04. The quantitative estimate of drug-likeness (QED) is 0.267. The highest BCUT2D eigenvalue weighted by Gasteiger charge is 1.95. The largest absolute Gasteiger partial charge is 0.378 e. The molecule has 4 nitrogen and oxygen atoms in total. The van der Waals surface area contributed by atoms with Gasteiger partial charge in [0.25, 0.3) is 0 Å². The van der Waals surface area contributed by atoms with E-state index < -0.39 is 0 Å². The van der Waals surface area contributed by atoms with Crippen molar-refractivity contribution in [3.05, 3.63) is 18.5 Å². The molecule has 0 aliphatic heterocycles. The van der Waals surface area contributed by atoms with Gasteiger partial charge in [-0.2, -0.15) is 0 Å². The van der Waals surface area contributed by atoms with E-state index in [0.717, 1.165) is 11.8 Å². The Morgan fingerprint density at radius 1 is 1.50 bits per heavy atom. The number of thioether (sulfide) groups is 1. The van der Waals surface area contributed by atoms with Crippen molar-refractivity contribution < 1.29 is 0 Å². The first-order chi connectivity index (χ1) is 4.79. The molecule has 0 aliphatic carbocycles. The van der Waals surface area contributed by atoms with Crippen LogP contribution in [0, 0.1) is 5.41 Å². The normalized spacial score (nSPS) is 9.20. The lowest BCUT2D eigenvalue weighted by Crippen LogP contribution is -2.04. The van der Waals surface area contributed by atoms with Crippen LogP contribution in [-0.2, 0) is 0 Å². The molecule has 52 valence electrons. The number of nitrogens with zero attached hydrogens (tertiary/aromatic N) is 2. The van der Waals surface area contributed by atoms with E-state index in [1.165, 1.54) is 0 Å². The fourth-order valence-corrected chi connectivity index (χ4v) is 0.860. The molecule has 10 heavy (non-hydrogen) atoms. The number of hydrogen-bond donors (Lipinski definition) is 2. The Labute approximate surface area is 62.4 Å². The molecule has 1 aromatic rings. The minimum absolute atomic E-state index is 0.00574. The van der Waals surface area contributed by atoms with E-state index in [-0.39, 0.29) is 5.17 Å². The lowest BCUT2D eigenvalue weighted by Gasteiger charge is -1.92. The van der Waals surface area contributed by atoms with Crippen LogP contribution in [0.1, 0.15) is 0 Å². The summed E-state index contributed by atoms with van der Waals surface area (Å²) in [6.45, 7) is 0. The lowest BCUT2D eigenvalue weighted by atomic mass is 10.7. The van der Waals surface area contributed by atoms with E-state index in [4.69, 9.17) is 11.1 Å². The summed E-state index contributed by atoms with van der Waals surface area (Å²) in [5.74, 6) is 0. The van der Waals surface area contributed by atoms with E-state index in [1.54, 1.807) is 18.5 Å². The van der Waals surface area contributed by atoms with Crippen molar-refractivity contribution in [2.24, 2.45) is 5.73 Å². The molecule has 1 heterocycles. The van der Waals surface area contributed by atoms with Gasteiger partial charge in [0.1, 0.15) is 0 Å². The van der Waals surface area contributed by atoms with Crippen LogP contribution in [0.3, 0.4) is 0 Å². The first-order valence-corrected chi connectivity index (χ1v) is 3.39. The molecule has 0 unspecified atom stereocenters. The number of amidine groups is 1. The second-order valence-electron chi connectivity index (χ2n) is 1.50. The van der Waals surface area contributed by atoms with E-state index in [2.05, 4.69) is 9.97 Å². The Morgan fingerprint density at radius 3 is 2.60 bits per heavy atom. The van der Waals surface area contributed by atoms with Gasteiger partial charge in [-0.05, 0) is 17.8 Å². The third-order valence-corrected chi connectivity index (χ3v) is 1.36. The molecule has 0 radical (unpaired) electrons. The van der Waals surface area contributed by atoms with Crippen molar-refractivity contribution in [2.75, 3.05) is 0 Å². The monoisotopic (exact) mass is 154 g/mol. The average Bonchev–Trinajstić information content (AvgIpc) is 1.88. The summed E-state index contributed by atoms with van der Waals surface area (Å²) in [7, 11) is 0. The van der Waals surface area contributed by atoms with E-state index in [9.17, 15) is 0 Å². The molecular formula is C5H6N4S. The number of rotatable bonds is 1. The van der Waals surface area contributed by atoms with Gasteiger partial charge in [0.15, 0.2) is 10.3 Å². The predicted molar refractivity (Wildman–Crippen MR) is 39.8 cm³/mol. The molecule has 0 fully saturated rings. The molecule has 5 heteroatoms. The van der Waals surface area contributed by atoms with Crippen molar-refractivity contribution in [3.8, 4) is 0 Å². The number of hydrogen-bond acceptors (Lipinski definition) is 4. The van der Waals surface area contributed by atoms with Crippen LogP contribution in [0.25, 0.3) is 0 Å². The molecule has 0 saturated carbocycles. The Hall–Kier alpha value is -1.10. The fourth-order valence-electron chi connectivity index (χ4n) is 0.436. The van der Waals surface area contributed by atoms with Crippen LogP contribution in [0.4, 0.5) is 0 Å². The van der Waals surface area contributed by atoms with Crippen LogP contribution in [-0.4, -0.2) is 15.1 Å². The second-order valence-corrected chi connectivity index (χ2v) is 2.51. The minimum atomic E-state index is 0.00574. The Kier molecular flexibility index (Phi) is 2.22. The maximum absolute atomic E-state index is 6.89. The van der Waals surface area contributed by atoms with Gasteiger partial charge in [0.2, 0.25) is 0 Å². The molecule has 0 amide bonds. The third-order valence-electron chi connectivity index (χ3n) is 0.743. The summed E-state index contributed by atoms with van der Waals surface area (Å²) in [6, 6.07) is 1.71. The maximum Gasteiger partial charge on any atom is 0.195 e. The van der Waals surface area contributed by atoms with E-state index in [1.807, 2.05) is 0 Å². The molecule has 0 saturated heterocycles. The van der Waals surface area contributed by atoms with Gasteiger partial charge in [0, 0.05) is 12.4 Å². The summed E-state index contributed by atoms with van der Waals surface area (Å²) in [5, 5.41) is 7.41. The Balaban J connectivity index is 2.67. The fraction of sp³-hybridized carbons (Fsp3) is 0. The summed E-state index contributed by atoms with van der Waals surface area (Å²) in [5.41, 5.74) is 5.09. The van der Waals surface area contributed by atoms with Crippen LogP contribution in [0.2, 0.25) is 0 Å². The molecule has 0 bridgehead atoms. The Bertz CT molecular complexity index is 222. The molecule has 3 N–H and O–H groups in total. The smallest absolute Gasteiger partial charge is 0.195 e. The van der Waals surface area contributed by atoms with Gasteiger partial charge in [-0.25, -0.2) is 9.97 Å². The van der Waals surface area contributed by atoms with Crippen molar-refractivity contribution in [2.45, 2.75) is 5.16 Å². The molecule has 0 aliphatic rings. The van der Waals surface area contributed by atoms with Gasteiger partial charge >= 0.3 is 0 Å². The van der Waals surface area contributed by atoms with Crippen molar-refractivity contribution in [3.63, 3.8) is 0 Å². The summed E-state index contributed by atoms with van der Waals surface area (Å²) in [6.07, 6.45) is 3.22. The third kappa shape index (κ3) is 2.02. The Morgan fingerprint density at radius 2 is 2.10 bits per heavy atom. The minimum Gasteiger partial charge on any atom is -0.378 e. The predicted octanol–water partition coefficient (Wildman–Crippen LogP) is 0.462. The van der Waals surface area contributed by atoms with Crippen LogP contribution in [0.5, 0.6) is 0 Å². The molecule has 0 atom stereocenters. The van der Waals surface area contributed by atoms with Gasteiger partial charge in [-0.3, -0.25) is 5.41 Å². The second kappa shape index (κ2) is 3.17. The van der Waals surface area contributed by atoms with Crippen molar-refractivity contribution in [1.29, 1.82) is 5.41 Å². The summed E-state index contributed by atoms with van der Waals surface area (Å²) < 4.78 is 0. The van der Waals surface area contributed by atoms with Gasteiger partial charge in [-0.1, -0.05) is 0 Å². The molecule has 1 rings (SSSR count). The summed E-state index contributed by atoms with van der Waals surface area (Å²) in [4.78, 5) is 7.70. The van der Waals surface area contributed by atoms with Gasteiger partial charge in [-0.15, -0.1) is 0 Å². The molecular weight excluding hydrogens is 148 g/mol. The molecule has 1 aromatic heterocycles. The van der Waals surface area contributed by atoms with Crippen LogP contribution >= 0.6 is 11.8 Å². The molecule has 0 aromatic carbocycles.